The molecule has 0 fully saturated rings. The first-order valence-corrected chi connectivity index (χ1v) is 10.9. The molecule has 0 saturated carbocycles. The Kier molecular flexibility index (Phi) is 10.0. The third-order valence-electron chi connectivity index (χ3n) is 4.06. The average Bonchev–Trinajstić information content (AvgIpc) is 2.70. The molecule has 7 heteroatoms. The van der Waals surface area contributed by atoms with E-state index in [4.69, 9.17) is 21.1 Å². The van der Waals surface area contributed by atoms with E-state index in [2.05, 4.69) is 33.4 Å². The molecular weight excluding hydrogens is 456 g/mol. The van der Waals surface area contributed by atoms with Gasteiger partial charge in [0.2, 0.25) is 0 Å². The van der Waals surface area contributed by atoms with Crippen LogP contribution in [0.3, 0.4) is 0 Å². The molecule has 29 heavy (non-hydrogen) atoms. The van der Waals surface area contributed by atoms with Crippen LogP contribution in [0.4, 0.5) is 0 Å². The highest BCUT2D eigenvalue weighted by atomic mass is 79.9. The third kappa shape index (κ3) is 7.71. The van der Waals surface area contributed by atoms with Gasteiger partial charge in [-0.15, -0.1) is 0 Å². The zero-order valence-electron chi connectivity index (χ0n) is 16.7. The highest BCUT2D eigenvalue weighted by Gasteiger charge is 2.12. The number of unbranched alkanes of at least 4 members (excludes halogenated alkanes) is 3. The molecule has 0 heterocycles. The lowest BCUT2D eigenvalue weighted by Gasteiger charge is -2.14. The van der Waals surface area contributed by atoms with E-state index in [1.54, 1.807) is 30.5 Å². The summed E-state index contributed by atoms with van der Waals surface area (Å²) in [6, 6.07) is 10.3. The molecule has 0 radical (unpaired) electrons. The van der Waals surface area contributed by atoms with Gasteiger partial charge in [-0.05, 0) is 71.2 Å². The Morgan fingerprint density at radius 2 is 1.90 bits per heavy atom. The Hall–Kier alpha value is -2.05. The van der Waals surface area contributed by atoms with Gasteiger partial charge in [-0.25, -0.2) is 5.43 Å². The fourth-order valence-electron chi connectivity index (χ4n) is 2.60. The second kappa shape index (κ2) is 12.5. The van der Waals surface area contributed by atoms with Gasteiger partial charge >= 0.3 is 0 Å². The summed E-state index contributed by atoms with van der Waals surface area (Å²) in [6.07, 6.45) is 6.12. The number of carbonyl (C=O) groups is 1. The Morgan fingerprint density at radius 1 is 1.14 bits per heavy atom. The van der Waals surface area contributed by atoms with Crippen molar-refractivity contribution in [3.05, 3.63) is 57.0 Å². The normalized spacial score (nSPS) is 10.9. The number of rotatable bonds is 11. The second-order valence-electron chi connectivity index (χ2n) is 6.38. The maximum absolute atomic E-state index is 12.1. The molecule has 5 nitrogen and oxygen atoms in total. The van der Waals surface area contributed by atoms with Crippen LogP contribution in [-0.2, 0) is 0 Å². The van der Waals surface area contributed by atoms with Crippen molar-refractivity contribution >= 4 is 39.7 Å². The van der Waals surface area contributed by atoms with Crippen LogP contribution in [0.1, 0.15) is 55.5 Å². The lowest BCUT2D eigenvalue weighted by molar-refractivity contribution is 0.0955. The summed E-state index contributed by atoms with van der Waals surface area (Å²) in [7, 11) is 0. The number of nitrogens with zero attached hydrogens (tertiary/aromatic N) is 1. The predicted molar refractivity (Wildman–Crippen MR) is 121 cm³/mol. The molecule has 0 bridgehead atoms. The van der Waals surface area contributed by atoms with Gasteiger partial charge in [-0.2, -0.15) is 5.10 Å². The number of amides is 1. The minimum absolute atomic E-state index is 0.311. The Balaban J connectivity index is 2.03. The van der Waals surface area contributed by atoms with Crippen LogP contribution < -0.4 is 14.9 Å². The standard InChI is InChI=1S/C22H26BrClN2O3/c1-3-5-6-7-12-29-21-19(23)13-16(14-20(21)28-4-2)15-25-26-22(27)17-8-10-18(24)11-9-17/h8-11,13-15H,3-7,12H2,1-2H3,(H,26,27)/b25-15+. The van der Waals surface area contributed by atoms with Crippen molar-refractivity contribution in [1.82, 2.24) is 5.43 Å². The average molecular weight is 482 g/mol. The van der Waals surface area contributed by atoms with Crippen molar-refractivity contribution in [2.75, 3.05) is 13.2 Å². The fraction of sp³-hybridized carbons (Fsp3) is 0.364. The molecule has 156 valence electrons. The SMILES string of the molecule is CCCCCCOc1c(Br)cc(/C=N/NC(=O)c2ccc(Cl)cc2)cc1OCC. The van der Waals surface area contributed by atoms with Gasteiger partial charge in [0.1, 0.15) is 0 Å². The Bertz CT molecular complexity index is 826. The summed E-state index contributed by atoms with van der Waals surface area (Å²) >= 11 is 9.38. The van der Waals surface area contributed by atoms with Crippen molar-refractivity contribution in [3.8, 4) is 11.5 Å². The summed E-state index contributed by atoms with van der Waals surface area (Å²) in [5.41, 5.74) is 3.76. The number of ether oxygens (including phenoxy) is 2. The van der Waals surface area contributed by atoms with Gasteiger partial charge in [0.25, 0.3) is 5.91 Å². The largest absolute Gasteiger partial charge is 0.490 e. The number of hydrazone groups is 1. The van der Waals surface area contributed by atoms with Gasteiger partial charge in [0.05, 0.1) is 23.9 Å². The Morgan fingerprint density at radius 3 is 2.59 bits per heavy atom. The van der Waals surface area contributed by atoms with E-state index in [-0.39, 0.29) is 5.91 Å². The van der Waals surface area contributed by atoms with Gasteiger partial charge in [-0.1, -0.05) is 37.8 Å². The summed E-state index contributed by atoms with van der Waals surface area (Å²) in [5, 5.41) is 4.61. The van der Waals surface area contributed by atoms with Crippen molar-refractivity contribution in [2.24, 2.45) is 5.10 Å². The minimum atomic E-state index is -0.311. The monoisotopic (exact) mass is 480 g/mol. The maximum atomic E-state index is 12.1. The molecule has 0 saturated heterocycles. The summed E-state index contributed by atoms with van der Waals surface area (Å²) in [4.78, 5) is 12.1. The first kappa shape index (κ1) is 23.2. The molecule has 0 unspecified atom stereocenters. The summed E-state index contributed by atoms with van der Waals surface area (Å²) in [5.74, 6) is 1.02. The lowest BCUT2D eigenvalue weighted by Crippen LogP contribution is -2.17. The zero-order chi connectivity index (χ0) is 21.1. The molecule has 0 spiro atoms. The number of benzene rings is 2. The summed E-state index contributed by atoms with van der Waals surface area (Å²) in [6.45, 7) is 5.27. The predicted octanol–water partition coefficient (Wildman–Crippen LogP) is 6.22. The van der Waals surface area contributed by atoms with Crippen molar-refractivity contribution in [3.63, 3.8) is 0 Å². The van der Waals surface area contributed by atoms with Crippen LogP contribution in [0.15, 0.2) is 46.0 Å². The van der Waals surface area contributed by atoms with E-state index in [0.29, 0.717) is 35.3 Å². The molecule has 0 aliphatic heterocycles. The van der Waals surface area contributed by atoms with Crippen LogP contribution in [-0.4, -0.2) is 25.3 Å². The van der Waals surface area contributed by atoms with Gasteiger partial charge in [0.15, 0.2) is 11.5 Å². The molecule has 2 aromatic carbocycles. The molecule has 2 rings (SSSR count). The van der Waals surface area contributed by atoms with Gasteiger partial charge in [0, 0.05) is 10.6 Å². The summed E-state index contributed by atoms with van der Waals surface area (Å²) < 4.78 is 12.4. The second-order valence-corrected chi connectivity index (χ2v) is 7.67. The number of nitrogens with one attached hydrogen (secondary N) is 1. The third-order valence-corrected chi connectivity index (χ3v) is 4.90. The smallest absolute Gasteiger partial charge is 0.271 e. The molecule has 0 atom stereocenters. The molecule has 0 aliphatic carbocycles. The van der Waals surface area contributed by atoms with E-state index in [9.17, 15) is 4.79 Å². The number of carbonyl (C=O) groups excluding carboxylic acids is 1. The van der Waals surface area contributed by atoms with Gasteiger partial charge < -0.3 is 9.47 Å². The van der Waals surface area contributed by atoms with Gasteiger partial charge in [-0.3, -0.25) is 4.79 Å². The van der Waals surface area contributed by atoms with Crippen LogP contribution >= 0.6 is 27.5 Å². The van der Waals surface area contributed by atoms with E-state index in [1.807, 2.05) is 19.1 Å². The van der Waals surface area contributed by atoms with Crippen LogP contribution in [0, 0.1) is 0 Å². The van der Waals surface area contributed by atoms with Crippen molar-refractivity contribution < 1.29 is 14.3 Å². The Labute approximate surface area is 185 Å². The van der Waals surface area contributed by atoms with E-state index < -0.39 is 0 Å². The molecule has 1 amide bonds. The molecule has 2 aromatic rings. The zero-order valence-corrected chi connectivity index (χ0v) is 19.1. The minimum Gasteiger partial charge on any atom is -0.490 e. The van der Waals surface area contributed by atoms with E-state index in [0.717, 1.165) is 22.9 Å². The molecule has 0 aliphatic rings. The van der Waals surface area contributed by atoms with Crippen LogP contribution in [0.2, 0.25) is 5.02 Å². The van der Waals surface area contributed by atoms with Crippen molar-refractivity contribution in [2.45, 2.75) is 39.5 Å². The quantitative estimate of drug-likeness (QED) is 0.235. The highest BCUT2D eigenvalue weighted by molar-refractivity contribution is 9.10. The first-order chi connectivity index (χ1) is 14.0. The number of hydrogen-bond donors (Lipinski definition) is 1. The topological polar surface area (TPSA) is 59.9 Å². The highest BCUT2D eigenvalue weighted by Crippen LogP contribution is 2.36. The fourth-order valence-corrected chi connectivity index (χ4v) is 3.30. The van der Waals surface area contributed by atoms with Crippen LogP contribution in [0.25, 0.3) is 0 Å². The van der Waals surface area contributed by atoms with Crippen molar-refractivity contribution in [1.29, 1.82) is 0 Å². The lowest BCUT2D eigenvalue weighted by atomic mass is 10.2. The number of halogens is 2. The van der Waals surface area contributed by atoms with Crippen LogP contribution in [0.5, 0.6) is 11.5 Å². The van der Waals surface area contributed by atoms with E-state index in [1.165, 1.54) is 12.8 Å². The first-order valence-electron chi connectivity index (χ1n) is 9.73. The molecule has 1 N–H and O–H groups in total. The number of hydrogen-bond acceptors (Lipinski definition) is 4. The van der Waals surface area contributed by atoms with E-state index >= 15 is 0 Å². The maximum Gasteiger partial charge on any atom is 0.271 e. The molecule has 0 aromatic heterocycles. The molecular formula is C22H26BrClN2O3.